The van der Waals surface area contributed by atoms with Crippen LogP contribution in [-0.2, 0) is 6.18 Å². The second-order valence-corrected chi connectivity index (χ2v) is 7.10. The van der Waals surface area contributed by atoms with Gasteiger partial charge in [0.2, 0.25) is 0 Å². The Balaban J connectivity index is 1.72. The third kappa shape index (κ3) is 4.25. The molecule has 0 N–H and O–H groups in total. The van der Waals surface area contributed by atoms with E-state index in [1.165, 1.54) is 34.1 Å². The first-order valence-electron chi connectivity index (χ1n) is 8.38. The van der Waals surface area contributed by atoms with Crippen molar-refractivity contribution in [2.24, 2.45) is 0 Å². The van der Waals surface area contributed by atoms with E-state index in [9.17, 15) is 22.8 Å². The molecule has 2 aromatic carbocycles. The number of hydrogen-bond acceptors (Lipinski definition) is 2. The summed E-state index contributed by atoms with van der Waals surface area (Å²) in [4.78, 5) is 28.0. The van der Waals surface area contributed by atoms with Crippen LogP contribution in [0, 0.1) is 0 Å². The molecule has 1 aliphatic heterocycles. The van der Waals surface area contributed by atoms with Gasteiger partial charge in [0.25, 0.3) is 11.8 Å². The summed E-state index contributed by atoms with van der Waals surface area (Å²) in [5.74, 6) is -1.05. The lowest BCUT2D eigenvalue weighted by atomic mass is 10.1. The van der Waals surface area contributed by atoms with E-state index in [1.54, 1.807) is 6.07 Å². The van der Waals surface area contributed by atoms with Crippen LogP contribution in [-0.4, -0.2) is 47.8 Å². The van der Waals surface area contributed by atoms with Crippen molar-refractivity contribution in [3.05, 3.63) is 69.2 Å². The molecule has 0 atom stereocenters. The molecule has 148 valence electrons. The average molecular weight is 431 g/mol. The minimum atomic E-state index is -4.62. The molecule has 2 amide bonds. The van der Waals surface area contributed by atoms with Gasteiger partial charge in [-0.25, -0.2) is 0 Å². The highest BCUT2D eigenvalue weighted by Gasteiger charge is 2.36. The lowest BCUT2D eigenvalue weighted by Crippen LogP contribution is -2.50. The monoisotopic (exact) mass is 430 g/mol. The topological polar surface area (TPSA) is 40.6 Å². The molecule has 4 nitrogen and oxygen atoms in total. The van der Waals surface area contributed by atoms with E-state index in [0.29, 0.717) is 5.02 Å². The van der Waals surface area contributed by atoms with E-state index in [0.717, 1.165) is 12.1 Å². The molecule has 0 radical (unpaired) electrons. The Morgan fingerprint density at radius 2 is 1.36 bits per heavy atom. The fourth-order valence-corrected chi connectivity index (χ4v) is 3.40. The van der Waals surface area contributed by atoms with Crippen molar-refractivity contribution in [3.63, 3.8) is 0 Å². The van der Waals surface area contributed by atoms with Gasteiger partial charge in [0.15, 0.2) is 0 Å². The molecule has 0 spiro atoms. The molecule has 0 bridgehead atoms. The third-order valence-corrected chi connectivity index (χ3v) is 5.04. The molecule has 3 rings (SSSR count). The fourth-order valence-electron chi connectivity index (χ4n) is 3.03. The third-order valence-electron chi connectivity index (χ3n) is 4.48. The van der Waals surface area contributed by atoms with Gasteiger partial charge in [0.1, 0.15) is 0 Å². The zero-order chi connectivity index (χ0) is 20.5. The molecule has 0 unspecified atom stereocenters. The van der Waals surface area contributed by atoms with Crippen LogP contribution < -0.4 is 0 Å². The first kappa shape index (κ1) is 20.5. The zero-order valence-corrected chi connectivity index (χ0v) is 16.0. The number of rotatable bonds is 2. The van der Waals surface area contributed by atoms with Crippen LogP contribution in [0.4, 0.5) is 13.2 Å². The van der Waals surface area contributed by atoms with Crippen molar-refractivity contribution in [1.82, 2.24) is 9.80 Å². The summed E-state index contributed by atoms with van der Waals surface area (Å²) >= 11 is 12.0. The van der Waals surface area contributed by atoms with Gasteiger partial charge in [0, 0.05) is 31.2 Å². The summed E-state index contributed by atoms with van der Waals surface area (Å²) in [6, 6.07) is 9.22. The molecule has 2 aromatic rings. The Morgan fingerprint density at radius 1 is 0.821 bits per heavy atom. The Bertz CT molecular complexity index is 910. The van der Waals surface area contributed by atoms with Crippen LogP contribution in [0.2, 0.25) is 10.0 Å². The minimum Gasteiger partial charge on any atom is -0.335 e. The van der Waals surface area contributed by atoms with Gasteiger partial charge in [-0.05, 0) is 30.3 Å². The van der Waals surface area contributed by atoms with Crippen LogP contribution in [0.5, 0.6) is 0 Å². The molecular weight excluding hydrogens is 416 g/mol. The second-order valence-electron chi connectivity index (χ2n) is 6.25. The molecule has 28 heavy (non-hydrogen) atoms. The standard InChI is InChI=1S/C19H15Cl2F3N2O2/c20-12-5-6-16(21)14(11-12)18(28)26-9-7-25(8-10-26)17(27)13-3-1-2-4-15(13)19(22,23)24/h1-6,11H,7-10H2. The number of amides is 2. The highest BCUT2D eigenvalue weighted by atomic mass is 35.5. The Labute approximate surface area is 169 Å². The summed E-state index contributed by atoms with van der Waals surface area (Å²) in [5, 5.41) is 0.623. The Morgan fingerprint density at radius 3 is 1.93 bits per heavy atom. The first-order valence-corrected chi connectivity index (χ1v) is 9.14. The van der Waals surface area contributed by atoms with E-state index >= 15 is 0 Å². The highest BCUT2D eigenvalue weighted by Crippen LogP contribution is 2.32. The van der Waals surface area contributed by atoms with E-state index in [-0.39, 0.29) is 42.7 Å². The van der Waals surface area contributed by atoms with Gasteiger partial charge in [0.05, 0.1) is 21.7 Å². The second kappa shape index (κ2) is 8.01. The van der Waals surface area contributed by atoms with E-state index in [1.807, 2.05) is 0 Å². The summed E-state index contributed by atoms with van der Waals surface area (Å²) < 4.78 is 39.5. The minimum absolute atomic E-state index is 0.120. The van der Waals surface area contributed by atoms with Gasteiger partial charge in [-0.2, -0.15) is 13.2 Å². The number of benzene rings is 2. The average Bonchev–Trinajstić information content (AvgIpc) is 2.68. The lowest BCUT2D eigenvalue weighted by Gasteiger charge is -2.35. The van der Waals surface area contributed by atoms with Crippen molar-refractivity contribution in [3.8, 4) is 0 Å². The van der Waals surface area contributed by atoms with Crippen LogP contribution in [0.3, 0.4) is 0 Å². The fraction of sp³-hybridized carbons (Fsp3) is 0.263. The number of nitrogens with zero attached hydrogens (tertiary/aromatic N) is 2. The lowest BCUT2D eigenvalue weighted by molar-refractivity contribution is -0.138. The van der Waals surface area contributed by atoms with Crippen LogP contribution >= 0.6 is 23.2 Å². The predicted molar refractivity (Wildman–Crippen MR) is 99.7 cm³/mol. The van der Waals surface area contributed by atoms with Crippen molar-refractivity contribution in [2.75, 3.05) is 26.2 Å². The molecular formula is C19H15Cl2F3N2O2. The quantitative estimate of drug-likeness (QED) is 0.697. The van der Waals surface area contributed by atoms with Crippen LogP contribution in [0.25, 0.3) is 0 Å². The number of carbonyl (C=O) groups is 2. The first-order chi connectivity index (χ1) is 13.2. The van der Waals surface area contributed by atoms with Crippen molar-refractivity contribution < 1.29 is 22.8 Å². The largest absolute Gasteiger partial charge is 0.417 e. The van der Waals surface area contributed by atoms with Crippen molar-refractivity contribution in [2.45, 2.75) is 6.18 Å². The van der Waals surface area contributed by atoms with E-state index in [2.05, 4.69) is 0 Å². The van der Waals surface area contributed by atoms with E-state index < -0.39 is 23.2 Å². The molecule has 9 heteroatoms. The van der Waals surface area contributed by atoms with Gasteiger partial charge < -0.3 is 9.80 Å². The SMILES string of the molecule is O=C(c1cc(Cl)ccc1Cl)N1CCN(C(=O)c2ccccc2C(F)(F)F)CC1. The van der Waals surface area contributed by atoms with Crippen LogP contribution in [0.1, 0.15) is 26.3 Å². The number of carbonyl (C=O) groups excluding carboxylic acids is 2. The van der Waals surface area contributed by atoms with E-state index in [4.69, 9.17) is 23.2 Å². The van der Waals surface area contributed by atoms with Gasteiger partial charge >= 0.3 is 6.18 Å². The maximum absolute atomic E-state index is 13.2. The molecule has 0 aliphatic carbocycles. The van der Waals surface area contributed by atoms with Crippen LogP contribution in [0.15, 0.2) is 42.5 Å². The molecule has 0 saturated carbocycles. The predicted octanol–water partition coefficient (Wildman–Crippen LogP) is 4.61. The molecule has 1 saturated heterocycles. The van der Waals surface area contributed by atoms with Gasteiger partial charge in [-0.15, -0.1) is 0 Å². The smallest absolute Gasteiger partial charge is 0.335 e. The summed E-state index contributed by atoms with van der Waals surface area (Å²) in [7, 11) is 0. The maximum atomic E-state index is 13.2. The van der Waals surface area contributed by atoms with Gasteiger partial charge in [-0.3, -0.25) is 9.59 Å². The normalized spacial score (nSPS) is 14.9. The Hall–Kier alpha value is -2.25. The highest BCUT2D eigenvalue weighted by molar-refractivity contribution is 6.35. The molecule has 1 heterocycles. The number of alkyl halides is 3. The summed E-state index contributed by atoms with van der Waals surface area (Å²) in [6.07, 6.45) is -4.62. The maximum Gasteiger partial charge on any atom is 0.417 e. The Kier molecular flexibility index (Phi) is 5.86. The number of hydrogen-bond donors (Lipinski definition) is 0. The molecule has 0 aromatic heterocycles. The summed E-state index contributed by atoms with van der Waals surface area (Å²) in [6.45, 7) is 0.604. The van der Waals surface area contributed by atoms with Crippen molar-refractivity contribution in [1.29, 1.82) is 0 Å². The zero-order valence-electron chi connectivity index (χ0n) is 14.5. The van der Waals surface area contributed by atoms with Gasteiger partial charge in [-0.1, -0.05) is 35.3 Å². The van der Waals surface area contributed by atoms with Crippen molar-refractivity contribution >= 4 is 35.0 Å². The molecule has 1 aliphatic rings. The summed E-state index contributed by atoms with van der Waals surface area (Å²) in [5.41, 5.74) is -1.12. The molecule has 1 fully saturated rings. The number of piperazine rings is 1. The number of halogens is 5.